The molecule has 2 heterocycles. The van der Waals surface area contributed by atoms with Gasteiger partial charge in [-0.25, -0.2) is 19.3 Å². The number of carbonyl (C=O) groups is 4. The normalized spacial score (nSPS) is 12.4. The lowest BCUT2D eigenvalue weighted by molar-refractivity contribution is -0.137. The summed E-state index contributed by atoms with van der Waals surface area (Å²) in [6.45, 7) is 3.17. The number of nitrogens with one attached hydrogen (secondary N) is 4. The van der Waals surface area contributed by atoms with Crippen molar-refractivity contribution in [2.75, 3.05) is 23.8 Å². The van der Waals surface area contributed by atoms with Crippen LogP contribution in [0.4, 0.5) is 17.3 Å². The van der Waals surface area contributed by atoms with Crippen LogP contribution in [0.1, 0.15) is 58.7 Å². The summed E-state index contributed by atoms with van der Waals surface area (Å²) in [6, 6.07) is 18.5. The Morgan fingerprint density at radius 3 is 2.43 bits per heavy atom. The fraction of sp³-hybridized carbons (Fsp3) is 0.231. The van der Waals surface area contributed by atoms with E-state index in [-0.39, 0.29) is 72.4 Å². The topological polar surface area (TPSA) is 250 Å². The molecule has 3 aromatic carbocycles. The number of fused-ring (bicyclic) bond motifs is 1. The number of benzene rings is 3. The first-order valence-electron chi connectivity index (χ1n) is 17.7. The number of ether oxygens (including phenoxy) is 1. The van der Waals surface area contributed by atoms with Crippen LogP contribution in [0.15, 0.2) is 83.8 Å². The lowest BCUT2D eigenvalue weighted by atomic mass is 10.1. The number of terminal acetylenes is 1. The molecule has 1 amide bonds. The number of phosphoric ester groups is 1. The van der Waals surface area contributed by atoms with E-state index in [0.29, 0.717) is 23.5 Å². The van der Waals surface area contributed by atoms with E-state index in [2.05, 4.69) is 40.4 Å². The van der Waals surface area contributed by atoms with Gasteiger partial charge in [0, 0.05) is 17.7 Å². The van der Waals surface area contributed by atoms with Crippen molar-refractivity contribution in [2.45, 2.75) is 45.7 Å². The van der Waals surface area contributed by atoms with Gasteiger partial charge < -0.3 is 35.3 Å². The van der Waals surface area contributed by atoms with E-state index in [1.807, 2.05) is 6.11 Å². The molecule has 0 spiro atoms. The quantitative estimate of drug-likeness (QED) is 0.0295. The van der Waals surface area contributed by atoms with Crippen molar-refractivity contribution >= 4 is 59.9 Å². The Bertz CT molecular complexity index is 2430. The lowest BCUT2D eigenvalue weighted by Gasteiger charge is -2.15. The molecule has 0 saturated heterocycles. The molecular weight excluding hydrogens is 773 g/mol. The summed E-state index contributed by atoms with van der Waals surface area (Å²) in [5.74, 6) is -2.35. The van der Waals surface area contributed by atoms with Crippen molar-refractivity contribution in [2.24, 2.45) is 0 Å². The number of amides is 1. The molecule has 5 N–H and O–H groups in total. The molecule has 0 saturated carbocycles. The number of para-hydroxylation sites is 1. The Labute approximate surface area is 331 Å². The highest BCUT2D eigenvalue weighted by molar-refractivity contribution is 7.48. The number of esters is 1. The van der Waals surface area contributed by atoms with E-state index in [4.69, 9.17) is 25.3 Å². The Kier molecular flexibility index (Phi) is 14.4. The summed E-state index contributed by atoms with van der Waals surface area (Å²) >= 11 is 0. The summed E-state index contributed by atoms with van der Waals surface area (Å²) in [5, 5.41) is 17.6. The molecule has 0 fully saturated rings. The highest BCUT2D eigenvalue weighted by Crippen LogP contribution is 2.49. The van der Waals surface area contributed by atoms with Crippen LogP contribution in [0.3, 0.4) is 0 Å². The second-order valence-electron chi connectivity index (χ2n) is 12.3. The van der Waals surface area contributed by atoms with Gasteiger partial charge >= 0.3 is 25.3 Å². The highest BCUT2D eigenvalue weighted by Gasteiger charge is 2.26. The van der Waals surface area contributed by atoms with Gasteiger partial charge in [-0.05, 0) is 80.8 Å². The number of aliphatic carboxylic acids is 1. The molecule has 0 radical (unpaired) electrons. The third-order valence-electron chi connectivity index (χ3n) is 8.16. The standard InChI is InChI=1S/C39H38N7O11P/c1-4-54-58(53,55-5-2)56-21-20-25-10-16-29(17-11-25)57-38(52)30-8-6-7-9-32(30)44-39-45-35-34(37(51)46-39)42-28(23-41-35)22-40-27-14-12-26(13-15-27)36(50)43-31(24(3)47)18-19-33(48)49/h1,6-17,23,31,40H,5,18-22H2,2-3H3,(H,43,50)(H,48,49)(H2,41,44,45,46,51)/t31-,58?/m0/s1. The van der Waals surface area contributed by atoms with Crippen LogP contribution in [0.2, 0.25) is 0 Å². The third-order valence-corrected chi connectivity index (χ3v) is 9.57. The van der Waals surface area contributed by atoms with Crippen LogP contribution in [0.25, 0.3) is 11.2 Å². The molecule has 1 unspecified atom stereocenters. The minimum atomic E-state index is -3.86. The maximum Gasteiger partial charge on any atom is 0.538 e. The fourth-order valence-corrected chi connectivity index (χ4v) is 6.24. The van der Waals surface area contributed by atoms with Gasteiger partial charge in [-0.1, -0.05) is 30.7 Å². The van der Waals surface area contributed by atoms with E-state index in [1.54, 1.807) is 79.7 Å². The van der Waals surface area contributed by atoms with Crippen molar-refractivity contribution in [1.29, 1.82) is 0 Å². The average Bonchev–Trinajstić information content (AvgIpc) is 3.19. The van der Waals surface area contributed by atoms with Crippen molar-refractivity contribution in [3.63, 3.8) is 0 Å². The molecule has 19 heteroatoms. The summed E-state index contributed by atoms with van der Waals surface area (Å²) in [6.07, 6.45) is 8.41. The molecule has 0 bridgehead atoms. The second-order valence-corrected chi connectivity index (χ2v) is 13.9. The summed E-state index contributed by atoms with van der Waals surface area (Å²) in [7, 11) is -3.86. The smallest absolute Gasteiger partial charge is 0.481 e. The molecule has 300 valence electrons. The number of ketones is 1. The van der Waals surface area contributed by atoms with Gasteiger partial charge in [0.1, 0.15) is 11.9 Å². The lowest BCUT2D eigenvalue weighted by Crippen LogP contribution is -2.40. The first-order valence-corrected chi connectivity index (χ1v) is 19.2. The van der Waals surface area contributed by atoms with E-state index in [1.165, 1.54) is 13.1 Å². The minimum Gasteiger partial charge on any atom is -0.481 e. The van der Waals surface area contributed by atoms with Crippen molar-refractivity contribution < 1.29 is 47.2 Å². The second kappa shape index (κ2) is 19.8. The molecule has 0 aliphatic rings. The zero-order valence-corrected chi connectivity index (χ0v) is 32.1. The van der Waals surface area contributed by atoms with E-state index in [9.17, 15) is 28.5 Å². The molecule has 5 rings (SSSR count). The van der Waals surface area contributed by atoms with Crippen LogP contribution < -0.4 is 26.2 Å². The predicted molar refractivity (Wildman–Crippen MR) is 210 cm³/mol. The summed E-state index contributed by atoms with van der Waals surface area (Å²) < 4.78 is 32.8. The number of rotatable bonds is 20. The van der Waals surface area contributed by atoms with Crippen LogP contribution in [0, 0.1) is 12.5 Å². The molecular formula is C39H38N7O11P. The SMILES string of the molecule is C#COP(=O)(OCC)OCCc1ccc(OC(=O)c2ccccc2Nc2nc(=O)c3nc(CNc4ccc(C(=O)N[C@@H](CCC(=O)O)C(C)=O)cc4)cnc3[nH]2)cc1. The number of anilines is 3. The van der Waals surface area contributed by atoms with Gasteiger partial charge in [0.2, 0.25) is 5.95 Å². The van der Waals surface area contributed by atoms with Gasteiger partial charge in [-0.2, -0.15) is 4.98 Å². The van der Waals surface area contributed by atoms with Crippen molar-refractivity contribution in [1.82, 2.24) is 25.3 Å². The Balaban J connectivity index is 1.17. The minimum absolute atomic E-state index is 0.000979. The van der Waals surface area contributed by atoms with Gasteiger partial charge in [0.15, 0.2) is 16.9 Å². The fourth-order valence-electron chi connectivity index (χ4n) is 5.30. The van der Waals surface area contributed by atoms with Crippen LogP contribution in [-0.4, -0.2) is 67.9 Å². The van der Waals surface area contributed by atoms with Crippen LogP contribution >= 0.6 is 7.82 Å². The molecule has 18 nitrogen and oxygen atoms in total. The zero-order valence-electron chi connectivity index (χ0n) is 31.2. The van der Waals surface area contributed by atoms with Gasteiger partial charge in [0.05, 0.1) is 48.9 Å². The van der Waals surface area contributed by atoms with Crippen LogP contribution in [0.5, 0.6) is 5.75 Å². The molecule has 58 heavy (non-hydrogen) atoms. The predicted octanol–water partition coefficient (Wildman–Crippen LogP) is 5.15. The first-order chi connectivity index (χ1) is 27.9. The van der Waals surface area contributed by atoms with Gasteiger partial charge in [-0.3, -0.25) is 28.2 Å². The maximum atomic E-state index is 13.2. The van der Waals surface area contributed by atoms with Gasteiger partial charge in [0.25, 0.3) is 5.91 Å². The number of Topliss-reactive ketones (excluding diaryl/α,β-unsaturated/α-hetero) is 1. The third kappa shape index (κ3) is 11.8. The largest absolute Gasteiger partial charge is 0.538 e. The number of hydrogen-bond donors (Lipinski definition) is 5. The highest BCUT2D eigenvalue weighted by atomic mass is 31.2. The Morgan fingerprint density at radius 2 is 1.74 bits per heavy atom. The van der Waals surface area contributed by atoms with Crippen molar-refractivity contribution in [3.8, 4) is 18.3 Å². The average molecular weight is 812 g/mol. The Hall–Kier alpha value is -6.93. The molecule has 5 aromatic rings. The Morgan fingerprint density at radius 1 is 1.00 bits per heavy atom. The van der Waals surface area contributed by atoms with Crippen molar-refractivity contribution in [3.05, 3.63) is 112 Å². The number of carboxylic acids is 1. The van der Waals surface area contributed by atoms with E-state index >= 15 is 0 Å². The maximum absolute atomic E-state index is 13.2. The molecule has 2 atom stereocenters. The van der Waals surface area contributed by atoms with Crippen LogP contribution in [-0.2, 0) is 40.7 Å². The zero-order chi connectivity index (χ0) is 41.7. The van der Waals surface area contributed by atoms with Gasteiger partial charge in [-0.15, -0.1) is 0 Å². The number of phosphoric acid groups is 1. The molecule has 2 aromatic heterocycles. The van der Waals surface area contributed by atoms with E-state index in [0.717, 1.165) is 5.56 Å². The number of aromatic amines is 1. The number of carbonyl (C=O) groups excluding carboxylic acids is 3. The first kappa shape index (κ1) is 42.2. The van der Waals surface area contributed by atoms with E-state index < -0.39 is 37.3 Å². The summed E-state index contributed by atoms with van der Waals surface area (Å²) in [5.41, 5.74) is 2.00. The monoisotopic (exact) mass is 811 g/mol. The number of aromatic nitrogens is 4. The molecule has 0 aliphatic carbocycles. The molecule has 0 aliphatic heterocycles. The summed E-state index contributed by atoms with van der Waals surface area (Å²) in [4.78, 5) is 77.4. The number of carboxylic acid groups (broad SMARTS) is 1. The number of nitrogens with zero attached hydrogens (tertiary/aromatic N) is 3. The number of H-pyrrole nitrogens is 1. The number of hydrogen-bond acceptors (Lipinski definition) is 15.